The number of hydrogen-bond donors (Lipinski definition) is 0. The molecule has 0 aliphatic carbocycles. The average Bonchev–Trinajstić information content (AvgIpc) is 2.37. The summed E-state index contributed by atoms with van der Waals surface area (Å²) in [5.41, 5.74) is -0.0352. The molecule has 1 aromatic heterocycles. The Hall–Kier alpha value is -1.94. The minimum atomic E-state index is -0.655. The molecule has 2 rings (SSSR count). The van der Waals surface area contributed by atoms with E-state index in [4.69, 9.17) is 16.3 Å². The Bertz CT molecular complexity index is 574. The molecule has 0 unspecified atom stereocenters. The Labute approximate surface area is 108 Å². The van der Waals surface area contributed by atoms with Crippen LogP contribution in [0.3, 0.4) is 0 Å². The lowest BCUT2D eigenvalue weighted by Crippen LogP contribution is -2.13. The van der Waals surface area contributed by atoms with E-state index in [-0.39, 0.29) is 12.2 Å². The molecule has 1 heterocycles. The normalized spacial score (nSPS) is 10.1. The van der Waals surface area contributed by atoms with Crippen LogP contribution in [0.4, 0.5) is 4.39 Å². The van der Waals surface area contributed by atoms with Gasteiger partial charge in [-0.15, -0.1) is 0 Å². The van der Waals surface area contributed by atoms with E-state index >= 15 is 0 Å². The lowest BCUT2D eigenvalue weighted by molar-refractivity contribution is 0.0917. The lowest BCUT2D eigenvalue weighted by Gasteiger charge is -2.06. The first-order valence-electron chi connectivity index (χ1n) is 5.18. The highest BCUT2D eigenvalue weighted by atomic mass is 35.5. The SMILES string of the molecule is O=C(COc1cccc(Cl)c1)c1ccncc1F. The molecule has 0 N–H and O–H groups in total. The second kappa shape index (κ2) is 5.60. The summed E-state index contributed by atoms with van der Waals surface area (Å²) >= 11 is 5.77. The number of ketones is 1. The van der Waals surface area contributed by atoms with Crippen molar-refractivity contribution in [3.05, 3.63) is 59.1 Å². The zero-order valence-corrected chi connectivity index (χ0v) is 10.0. The predicted molar refractivity (Wildman–Crippen MR) is 65.5 cm³/mol. The second-order valence-corrected chi connectivity index (χ2v) is 3.96. The first-order valence-corrected chi connectivity index (χ1v) is 5.55. The maximum absolute atomic E-state index is 13.3. The van der Waals surface area contributed by atoms with Crippen LogP contribution in [0.15, 0.2) is 42.7 Å². The number of hydrogen-bond acceptors (Lipinski definition) is 3. The van der Waals surface area contributed by atoms with Crippen LogP contribution in [0, 0.1) is 5.82 Å². The Balaban J connectivity index is 2.03. The number of carbonyl (C=O) groups excluding carboxylic acids is 1. The molecule has 5 heteroatoms. The topological polar surface area (TPSA) is 39.2 Å². The Kier molecular flexibility index (Phi) is 3.89. The van der Waals surface area contributed by atoms with Crippen LogP contribution < -0.4 is 4.74 Å². The van der Waals surface area contributed by atoms with E-state index in [0.717, 1.165) is 6.20 Å². The highest BCUT2D eigenvalue weighted by Crippen LogP contribution is 2.17. The molecule has 18 heavy (non-hydrogen) atoms. The first-order chi connectivity index (χ1) is 8.66. The monoisotopic (exact) mass is 265 g/mol. The van der Waals surface area contributed by atoms with Gasteiger partial charge in [0.2, 0.25) is 5.78 Å². The molecular weight excluding hydrogens is 257 g/mol. The number of halogens is 2. The van der Waals surface area contributed by atoms with Gasteiger partial charge in [0.1, 0.15) is 5.75 Å². The summed E-state index contributed by atoms with van der Waals surface area (Å²) in [6.07, 6.45) is 2.35. The average molecular weight is 266 g/mol. The minimum absolute atomic E-state index is 0.0352. The van der Waals surface area contributed by atoms with E-state index in [1.165, 1.54) is 12.3 Å². The van der Waals surface area contributed by atoms with Crippen molar-refractivity contribution in [3.8, 4) is 5.75 Å². The molecule has 0 aliphatic rings. The third-order valence-electron chi connectivity index (χ3n) is 2.24. The van der Waals surface area contributed by atoms with Gasteiger partial charge in [-0.1, -0.05) is 17.7 Å². The fourth-order valence-electron chi connectivity index (χ4n) is 1.38. The molecule has 0 bridgehead atoms. The zero-order valence-electron chi connectivity index (χ0n) is 9.27. The van der Waals surface area contributed by atoms with Crippen molar-refractivity contribution < 1.29 is 13.9 Å². The van der Waals surface area contributed by atoms with Crippen LogP contribution >= 0.6 is 11.6 Å². The highest BCUT2D eigenvalue weighted by Gasteiger charge is 2.12. The van der Waals surface area contributed by atoms with Gasteiger partial charge in [0.05, 0.1) is 11.8 Å². The number of carbonyl (C=O) groups is 1. The standard InChI is InChI=1S/C13H9ClFNO2/c14-9-2-1-3-10(6-9)18-8-13(17)11-4-5-16-7-12(11)15/h1-7H,8H2. The number of benzene rings is 1. The largest absolute Gasteiger partial charge is 0.485 e. The van der Waals surface area contributed by atoms with E-state index in [1.54, 1.807) is 24.3 Å². The number of nitrogens with zero attached hydrogens (tertiary/aromatic N) is 1. The molecule has 0 spiro atoms. The molecule has 0 radical (unpaired) electrons. The van der Waals surface area contributed by atoms with Crippen LogP contribution in [-0.2, 0) is 0 Å². The number of pyridine rings is 1. The van der Waals surface area contributed by atoms with Gasteiger partial charge in [0.15, 0.2) is 12.4 Å². The van der Waals surface area contributed by atoms with Gasteiger partial charge < -0.3 is 4.74 Å². The molecule has 0 amide bonds. The van der Waals surface area contributed by atoms with Crippen molar-refractivity contribution in [3.63, 3.8) is 0 Å². The number of ether oxygens (including phenoxy) is 1. The van der Waals surface area contributed by atoms with Crippen molar-refractivity contribution in [2.24, 2.45) is 0 Å². The molecule has 0 saturated heterocycles. The highest BCUT2D eigenvalue weighted by molar-refractivity contribution is 6.30. The van der Waals surface area contributed by atoms with Gasteiger partial charge in [-0.05, 0) is 24.3 Å². The van der Waals surface area contributed by atoms with Crippen LogP contribution in [0.25, 0.3) is 0 Å². The maximum atomic E-state index is 13.3. The summed E-state index contributed by atoms with van der Waals surface area (Å²) in [6, 6.07) is 7.97. The van der Waals surface area contributed by atoms with E-state index in [1.807, 2.05) is 0 Å². The summed E-state index contributed by atoms with van der Waals surface area (Å²) in [5.74, 6) is -0.641. The Morgan fingerprint density at radius 1 is 1.39 bits per heavy atom. The minimum Gasteiger partial charge on any atom is -0.485 e. The first kappa shape index (κ1) is 12.5. The van der Waals surface area contributed by atoms with Crippen molar-refractivity contribution in [2.75, 3.05) is 6.61 Å². The Morgan fingerprint density at radius 2 is 2.22 bits per heavy atom. The van der Waals surface area contributed by atoms with Crippen molar-refractivity contribution in [1.82, 2.24) is 4.98 Å². The number of Topliss-reactive ketones (excluding diaryl/α,β-unsaturated/α-hetero) is 1. The summed E-state index contributed by atoms with van der Waals surface area (Å²) < 4.78 is 18.5. The molecule has 1 aromatic carbocycles. The third kappa shape index (κ3) is 3.05. The van der Waals surface area contributed by atoms with Gasteiger partial charge in [-0.2, -0.15) is 0 Å². The van der Waals surface area contributed by atoms with Crippen LogP contribution in [0.2, 0.25) is 5.02 Å². The predicted octanol–water partition coefficient (Wildman–Crippen LogP) is 3.14. The van der Waals surface area contributed by atoms with Gasteiger partial charge >= 0.3 is 0 Å². The van der Waals surface area contributed by atoms with E-state index in [9.17, 15) is 9.18 Å². The molecule has 2 aromatic rings. The molecule has 0 fully saturated rings. The second-order valence-electron chi connectivity index (χ2n) is 3.52. The molecule has 0 aliphatic heterocycles. The maximum Gasteiger partial charge on any atom is 0.203 e. The van der Waals surface area contributed by atoms with E-state index in [0.29, 0.717) is 10.8 Å². The summed E-state index contributed by atoms with van der Waals surface area (Å²) in [4.78, 5) is 15.3. The lowest BCUT2D eigenvalue weighted by atomic mass is 10.2. The van der Waals surface area contributed by atoms with E-state index in [2.05, 4.69) is 4.98 Å². The molecule has 3 nitrogen and oxygen atoms in total. The molecule has 92 valence electrons. The van der Waals surface area contributed by atoms with Crippen molar-refractivity contribution in [1.29, 1.82) is 0 Å². The molecule has 0 saturated carbocycles. The van der Waals surface area contributed by atoms with Gasteiger partial charge in [-0.3, -0.25) is 9.78 Å². The summed E-state index contributed by atoms with van der Waals surface area (Å²) in [7, 11) is 0. The smallest absolute Gasteiger partial charge is 0.203 e. The van der Waals surface area contributed by atoms with Crippen molar-refractivity contribution >= 4 is 17.4 Å². The van der Waals surface area contributed by atoms with Gasteiger partial charge in [0, 0.05) is 11.2 Å². The van der Waals surface area contributed by atoms with Crippen LogP contribution in [-0.4, -0.2) is 17.4 Å². The molecule has 0 atom stereocenters. The number of rotatable bonds is 4. The van der Waals surface area contributed by atoms with E-state index < -0.39 is 11.6 Å². The summed E-state index contributed by atoms with van der Waals surface area (Å²) in [5, 5.41) is 0.509. The zero-order chi connectivity index (χ0) is 13.0. The fraction of sp³-hybridized carbons (Fsp3) is 0.0769. The number of aromatic nitrogens is 1. The van der Waals surface area contributed by atoms with Crippen molar-refractivity contribution in [2.45, 2.75) is 0 Å². The third-order valence-corrected chi connectivity index (χ3v) is 2.47. The van der Waals surface area contributed by atoms with Gasteiger partial charge in [-0.25, -0.2) is 4.39 Å². The molecular formula is C13H9ClFNO2. The van der Waals surface area contributed by atoms with Gasteiger partial charge in [0.25, 0.3) is 0 Å². The Morgan fingerprint density at radius 3 is 2.94 bits per heavy atom. The fourth-order valence-corrected chi connectivity index (χ4v) is 1.57. The van der Waals surface area contributed by atoms with Crippen LogP contribution in [0.1, 0.15) is 10.4 Å². The summed E-state index contributed by atoms with van der Waals surface area (Å²) in [6.45, 7) is -0.249. The quantitative estimate of drug-likeness (QED) is 0.797. The van der Waals surface area contributed by atoms with Crippen LogP contribution in [0.5, 0.6) is 5.75 Å².